The summed E-state index contributed by atoms with van der Waals surface area (Å²) in [6.07, 6.45) is 3.18. The molecule has 0 aliphatic carbocycles. The zero-order valence-electron chi connectivity index (χ0n) is 20.8. The van der Waals surface area contributed by atoms with Gasteiger partial charge in [0, 0.05) is 43.0 Å². The maximum absolute atomic E-state index is 12.6. The number of carbonyl (C=O) groups excluding carboxylic acids is 2. The van der Waals surface area contributed by atoms with Crippen LogP contribution in [0.15, 0.2) is 90.2 Å². The molecule has 0 bridgehead atoms. The van der Waals surface area contributed by atoms with E-state index in [0.29, 0.717) is 29.5 Å². The van der Waals surface area contributed by atoms with E-state index in [0.717, 1.165) is 18.7 Å². The van der Waals surface area contributed by atoms with Crippen LogP contribution in [0.1, 0.15) is 15.9 Å². The van der Waals surface area contributed by atoms with Crippen LogP contribution in [0.3, 0.4) is 0 Å². The Bertz CT molecular complexity index is 1650. The summed E-state index contributed by atoms with van der Waals surface area (Å²) in [5, 5.41) is 2.98. The predicted molar refractivity (Wildman–Crippen MR) is 144 cm³/mol. The van der Waals surface area contributed by atoms with E-state index in [1.54, 1.807) is 24.4 Å². The van der Waals surface area contributed by atoms with E-state index in [1.165, 1.54) is 28.7 Å². The number of para-hydroxylation sites is 1. The lowest BCUT2D eigenvalue weighted by atomic mass is 9.99. The number of hydrogen-bond acceptors (Lipinski definition) is 7. The topological polar surface area (TPSA) is 123 Å². The zero-order valence-corrected chi connectivity index (χ0v) is 21.6. The minimum Gasteiger partial charge on any atom is -0.489 e. The van der Waals surface area contributed by atoms with E-state index in [-0.39, 0.29) is 23.1 Å². The first-order valence-corrected chi connectivity index (χ1v) is 13.9. The number of aromatic nitrogens is 2. The summed E-state index contributed by atoms with van der Waals surface area (Å²) in [6, 6.07) is 21.8. The van der Waals surface area contributed by atoms with Gasteiger partial charge in [0.25, 0.3) is 15.9 Å². The van der Waals surface area contributed by atoms with Crippen molar-refractivity contribution in [3.63, 3.8) is 0 Å². The molecule has 2 aliphatic rings. The monoisotopic (exact) mass is 543 g/mol. The van der Waals surface area contributed by atoms with Gasteiger partial charge in [-0.3, -0.25) is 9.36 Å². The molecule has 6 rings (SSSR count). The normalized spacial score (nSPS) is 15.8. The Kier molecular flexibility index (Phi) is 6.27. The molecule has 39 heavy (non-hydrogen) atoms. The van der Waals surface area contributed by atoms with Gasteiger partial charge < -0.3 is 15.0 Å². The molecule has 2 N–H and O–H groups in total. The molecule has 2 amide bonds. The highest BCUT2D eigenvalue weighted by Gasteiger charge is 2.32. The van der Waals surface area contributed by atoms with Gasteiger partial charge in [-0.1, -0.05) is 24.3 Å². The summed E-state index contributed by atoms with van der Waals surface area (Å²) in [5.74, 6) is 0.366. The van der Waals surface area contributed by atoms with E-state index >= 15 is 0 Å². The summed E-state index contributed by atoms with van der Waals surface area (Å²) in [4.78, 5) is 31.0. The molecule has 198 valence electrons. The van der Waals surface area contributed by atoms with Crippen LogP contribution in [-0.2, 0) is 16.6 Å². The predicted octanol–water partition coefficient (Wildman–Crippen LogP) is 3.26. The average molecular weight is 544 g/mol. The Morgan fingerprint density at radius 1 is 1.05 bits per heavy atom. The lowest BCUT2D eigenvalue weighted by Crippen LogP contribution is -2.51. The van der Waals surface area contributed by atoms with Crippen molar-refractivity contribution >= 4 is 27.6 Å². The van der Waals surface area contributed by atoms with Gasteiger partial charge in [-0.2, -0.15) is 0 Å². The smallest absolute Gasteiger partial charge is 0.326 e. The lowest BCUT2D eigenvalue weighted by molar-refractivity contribution is 0.0985. The number of rotatable bonds is 7. The van der Waals surface area contributed by atoms with Gasteiger partial charge in [-0.25, -0.2) is 22.9 Å². The second kappa shape index (κ2) is 9.91. The minimum atomic E-state index is -3.81. The first-order valence-electron chi connectivity index (χ1n) is 12.4. The molecule has 11 heteroatoms. The summed E-state index contributed by atoms with van der Waals surface area (Å²) in [7, 11) is -3.81. The second-order valence-corrected chi connectivity index (χ2v) is 11.2. The van der Waals surface area contributed by atoms with Crippen LogP contribution in [-0.4, -0.2) is 49.5 Å². The number of ether oxygens (including phenoxy) is 1. The van der Waals surface area contributed by atoms with Gasteiger partial charge >= 0.3 is 6.03 Å². The third kappa shape index (κ3) is 5.08. The Morgan fingerprint density at radius 3 is 2.59 bits per heavy atom. The van der Waals surface area contributed by atoms with Crippen molar-refractivity contribution in [2.75, 3.05) is 24.5 Å². The fourth-order valence-corrected chi connectivity index (χ4v) is 5.86. The second-order valence-electron chi connectivity index (χ2n) is 9.54. The number of imidazole rings is 1. The van der Waals surface area contributed by atoms with Gasteiger partial charge in [0.15, 0.2) is 0 Å². The molecule has 1 saturated heterocycles. The van der Waals surface area contributed by atoms with Crippen LogP contribution in [0.4, 0.5) is 10.5 Å². The van der Waals surface area contributed by atoms with E-state index in [1.807, 2.05) is 35.1 Å². The molecule has 1 aromatic heterocycles. The molecule has 0 atom stereocenters. The molecule has 0 saturated carbocycles. The molecular formula is C28H25N5O5S. The molecule has 1 fully saturated rings. The van der Waals surface area contributed by atoms with Crippen molar-refractivity contribution in [2.24, 2.45) is 5.92 Å². The van der Waals surface area contributed by atoms with Crippen molar-refractivity contribution in [1.82, 2.24) is 19.6 Å². The van der Waals surface area contributed by atoms with E-state index in [2.05, 4.69) is 27.3 Å². The Morgan fingerprint density at radius 2 is 1.82 bits per heavy atom. The van der Waals surface area contributed by atoms with Crippen LogP contribution in [0.5, 0.6) is 5.75 Å². The molecule has 0 unspecified atom stereocenters. The van der Waals surface area contributed by atoms with Gasteiger partial charge in [0.05, 0.1) is 11.3 Å². The number of nitrogens with one attached hydrogen (secondary N) is 2. The summed E-state index contributed by atoms with van der Waals surface area (Å²) < 4.78 is 33.3. The van der Waals surface area contributed by atoms with Crippen molar-refractivity contribution in [2.45, 2.75) is 11.5 Å². The van der Waals surface area contributed by atoms with Crippen LogP contribution >= 0.6 is 0 Å². The fraction of sp³-hybridized carbons (Fsp3) is 0.179. The number of fused-ring (bicyclic) bond motifs is 1. The number of anilines is 1. The van der Waals surface area contributed by atoms with Gasteiger partial charge in [-0.15, -0.1) is 0 Å². The van der Waals surface area contributed by atoms with E-state index in [9.17, 15) is 18.0 Å². The fourth-order valence-electron chi connectivity index (χ4n) is 4.64. The molecule has 10 nitrogen and oxygen atoms in total. The molecule has 0 radical (unpaired) electrons. The third-order valence-corrected chi connectivity index (χ3v) is 8.17. The van der Waals surface area contributed by atoms with Crippen LogP contribution in [0, 0.1) is 5.92 Å². The van der Waals surface area contributed by atoms with Crippen molar-refractivity contribution in [1.29, 1.82) is 0 Å². The highest BCUT2D eigenvalue weighted by molar-refractivity contribution is 7.90. The standard InChI is InChI=1S/C28H25N5O5S/c34-27-24-11-6-19(12-26(24)39(36,37)31-27)17-38-23-9-7-21(8-10-23)25-16-33(18-30-25)28(35)29-13-20-14-32(15-20)22-4-2-1-3-5-22/h1-12,16,18,20H,13-15,17H2,(H,29,35)(H,31,34). The largest absolute Gasteiger partial charge is 0.489 e. The number of carbonyl (C=O) groups is 2. The molecule has 2 aliphatic heterocycles. The van der Waals surface area contributed by atoms with Crippen LogP contribution in [0.25, 0.3) is 11.3 Å². The SMILES string of the molecule is O=C1NS(=O)(=O)c2cc(COc3ccc(-c4cn(C(=O)NCC5CN(c6ccccc6)C5)cn4)cc3)ccc21. The lowest BCUT2D eigenvalue weighted by Gasteiger charge is -2.41. The number of benzene rings is 3. The Balaban J connectivity index is 1.01. The highest BCUT2D eigenvalue weighted by atomic mass is 32.2. The van der Waals surface area contributed by atoms with Gasteiger partial charge in [-0.05, 0) is 54.1 Å². The molecule has 0 spiro atoms. The van der Waals surface area contributed by atoms with Crippen LogP contribution < -0.4 is 19.7 Å². The molecule has 3 heterocycles. The number of amides is 2. The first kappa shape index (κ1) is 24.7. The quantitative estimate of drug-likeness (QED) is 0.367. The average Bonchev–Trinajstić information content (AvgIpc) is 3.50. The van der Waals surface area contributed by atoms with Gasteiger partial charge in [0.2, 0.25) is 0 Å². The Labute approximate surface area is 225 Å². The molecular weight excluding hydrogens is 518 g/mol. The van der Waals surface area contributed by atoms with Crippen molar-refractivity contribution in [3.05, 3.63) is 96.4 Å². The minimum absolute atomic E-state index is 0.0367. The van der Waals surface area contributed by atoms with Gasteiger partial charge in [0.1, 0.15) is 23.6 Å². The summed E-state index contributed by atoms with van der Waals surface area (Å²) in [6.45, 7) is 2.56. The maximum Gasteiger partial charge on any atom is 0.326 e. The highest BCUT2D eigenvalue weighted by Crippen LogP contribution is 2.26. The molecule has 4 aromatic rings. The summed E-state index contributed by atoms with van der Waals surface area (Å²) in [5.41, 5.74) is 3.42. The van der Waals surface area contributed by atoms with Crippen molar-refractivity contribution < 1.29 is 22.7 Å². The van der Waals surface area contributed by atoms with E-state index in [4.69, 9.17) is 4.74 Å². The summed E-state index contributed by atoms with van der Waals surface area (Å²) >= 11 is 0. The number of hydrogen-bond donors (Lipinski definition) is 2. The Hall–Kier alpha value is -4.64. The van der Waals surface area contributed by atoms with Crippen LogP contribution in [0.2, 0.25) is 0 Å². The number of sulfonamides is 1. The third-order valence-electron chi connectivity index (χ3n) is 6.80. The maximum atomic E-state index is 12.6. The van der Waals surface area contributed by atoms with E-state index < -0.39 is 15.9 Å². The molecule has 3 aromatic carbocycles. The number of nitrogens with zero attached hydrogens (tertiary/aromatic N) is 3. The first-order chi connectivity index (χ1) is 18.9. The zero-order chi connectivity index (χ0) is 27.0. The van der Waals surface area contributed by atoms with Crippen molar-refractivity contribution in [3.8, 4) is 17.0 Å².